The van der Waals surface area contributed by atoms with Gasteiger partial charge in [0.2, 0.25) is 10.0 Å². The second-order valence-corrected chi connectivity index (χ2v) is 4.96. The van der Waals surface area contributed by atoms with Crippen molar-refractivity contribution in [3.8, 4) is 0 Å². The Labute approximate surface area is 73.6 Å². The predicted octanol–water partition coefficient (Wildman–Crippen LogP) is -1.39. The normalized spacial score (nSPS) is 12.4. The van der Waals surface area contributed by atoms with Gasteiger partial charge in [-0.25, -0.2) is 13.1 Å². The quantitative estimate of drug-likeness (QED) is 0.523. The Morgan fingerprint density at radius 3 is 2.09 bits per heavy atom. The minimum Gasteiger partial charge on any atom is -0.395 e. The van der Waals surface area contributed by atoms with Gasteiger partial charge in [-0.05, 0) is 0 Å². The summed E-state index contributed by atoms with van der Waals surface area (Å²) in [7, 11) is -3.40. The van der Waals surface area contributed by atoms with Crippen molar-refractivity contribution in [2.24, 2.45) is 0 Å². The Bertz CT molecular complexity index is 188. The summed E-state index contributed by atoms with van der Waals surface area (Å²) in [6, 6.07) is -0.808. The average molecular weight is 248 g/mol. The van der Waals surface area contributed by atoms with E-state index in [1.54, 1.807) is 0 Å². The van der Waals surface area contributed by atoms with E-state index in [2.05, 4.69) is 20.7 Å². The maximum atomic E-state index is 10.7. The van der Waals surface area contributed by atoms with Gasteiger partial charge in [-0.1, -0.05) is 15.9 Å². The molecule has 0 spiro atoms. The third-order valence-electron chi connectivity index (χ3n) is 0.931. The van der Waals surface area contributed by atoms with Crippen molar-refractivity contribution >= 4 is 26.0 Å². The SMILES string of the molecule is O=S(=O)(CBr)NC(CO)CO. The number of hydrogen-bond donors (Lipinski definition) is 3. The van der Waals surface area contributed by atoms with Gasteiger partial charge in [0.15, 0.2) is 0 Å². The summed E-state index contributed by atoms with van der Waals surface area (Å²) < 4.78 is 23.3. The molecule has 0 aliphatic rings. The van der Waals surface area contributed by atoms with Crippen LogP contribution in [0.2, 0.25) is 0 Å². The predicted molar refractivity (Wildman–Crippen MR) is 43.8 cm³/mol. The van der Waals surface area contributed by atoms with E-state index in [0.717, 1.165) is 0 Å². The first-order valence-electron chi connectivity index (χ1n) is 2.83. The molecule has 5 nitrogen and oxygen atoms in total. The van der Waals surface area contributed by atoms with Crippen molar-refractivity contribution in [2.45, 2.75) is 6.04 Å². The summed E-state index contributed by atoms with van der Waals surface area (Å²) in [6.07, 6.45) is 0. The molecule has 3 N–H and O–H groups in total. The van der Waals surface area contributed by atoms with Crippen molar-refractivity contribution in [3.05, 3.63) is 0 Å². The highest BCUT2D eigenvalue weighted by Gasteiger charge is 2.14. The molecule has 0 rings (SSSR count). The molecule has 0 aromatic carbocycles. The van der Waals surface area contributed by atoms with Gasteiger partial charge in [0.1, 0.15) is 4.66 Å². The molecular formula is C4H10BrNO4S. The van der Waals surface area contributed by atoms with E-state index in [4.69, 9.17) is 10.2 Å². The van der Waals surface area contributed by atoms with Crippen LogP contribution >= 0.6 is 15.9 Å². The Kier molecular flexibility index (Phi) is 5.19. The Balaban J connectivity index is 4.01. The molecule has 0 aromatic rings. The van der Waals surface area contributed by atoms with Crippen LogP contribution in [0.15, 0.2) is 0 Å². The number of aliphatic hydroxyl groups is 2. The molecule has 0 saturated carbocycles. The summed E-state index contributed by atoms with van der Waals surface area (Å²) in [4.78, 5) is 0. The molecule has 0 radical (unpaired) electrons. The molecule has 0 aliphatic heterocycles. The lowest BCUT2D eigenvalue weighted by Gasteiger charge is -2.11. The number of sulfonamides is 1. The zero-order valence-electron chi connectivity index (χ0n) is 5.70. The number of alkyl halides is 1. The Morgan fingerprint density at radius 1 is 1.36 bits per heavy atom. The lowest BCUT2D eigenvalue weighted by atomic mass is 10.4. The molecule has 11 heavy (non-hydrogen) atoms. The Hall–Kier alpha value is 0.310. The molecule has 0 saturated heterocycles. The van der Waals surface area contributed by atoms with Gasteiger partial charge in [-0.15, -0.1) is 0 Å². The Morgan fingerprint density at radius 2 is 1.82 bits per heavy atom. The van der Waals surface area contributed by atoms with Crippen molar-refractivity contribution in [1.29, 1.82) is 0 Å². The van der Waals surface area contributed by atoms with E-state index in [1.165, 1.54) is 0 Å². The minimum absolute atomic E-state index is 0.240. The van der Waals surface area contributed by atoms with E-state index in [0.29, 0.717) is 0 Å². The second-order valence-electron chi connectivity index (χ2n) is 1.90. The first kappa shape index (κ1) is 11.3. The zero-order valence-corrected chi connectivity index (χ0v) is 8.10. The first-order valence-corrected chi connectivity index (χ1v) is 5.60. The van der Waals surface area contributed by atoms with Crippen LogP contribution < -0.4 is 4.72 Å². The van der Waals surface area contributed by atoms with E-state index in [9.17, 15) is 8.42 Å². The highest BCUT2D eigenvalue weighted by atomic mass is 79.9. The van der Waals surface area contributed by atoms with Crippen molar-refractivity contribution in [1.82, 2.24) is 4.72 Å². The smallest absolute Gasteiger partial charge is 0.222 e. The van der Waals surface area contributed by atoms with E-state index in [-0.39, 0.29) is 4.66 Å². The van der Waals surface area contributed by atoms with Crippen molar-refractivity contribution in [3.63, 3.8) is 0 Å². The molecule has 0 bridgehead atoms. The van der Waals surface area contributed by atoms with Crippen LogP contribution in [0.4, 0.5) is 0 Å². The van der Waals surface area contributed by atoms with Gasteiger partial charge in [-0.3, -0.25) is 0 Å². The van der Waals surface area contributed by atoms with E-state index >= 15 is 0 Å². The van der Waals surface area contributed by atoms with Crippen LogP contribution in [-0.4, -0.2) is 42.5 Å². The van der Waals surface area contributed by atoms with Gasteiger partial charge in [0.25, 0.3) is 0 Å². The van der Waals surface area contributed by atoms with Gasteiger partial charge in [0.05, 0.1) is 19.3 Å². The number of aliphatic hydroxyl groups excluding tert-OH is 2. The van der Waals surface area contributed by atoms with Crippen LogP contribution in [0.3, 0.4) is 0 Å². The number of halogens is 1. The van der Waals surface area contributed by atoms with Crippen molar-refractivity contribution < 1.29 is 18.6 Å². The lowest BCUT2D eigenvalue weighted by Crippen LogP contribution is -2.40. The summed E-state index contributed by atoms with van der Waals surface area (Å²) in [6.45, 7) is -0.828. The lowest BCUT2D eigenvalue weighted by molar-refractivity contribution is 0.185. The van der Waals surface area contributed by atoms with Crippen LogP contribution in [0.25, 0.3) is 0 Å². The summed E-state index contributed by atoms with van der Waals surface area (Å²) in [5.74, 6) is 0. The molecule has 0 amide bonds. The van der Waals surface area contributed by atoms with Gasteiger partial charge >= 0.3 is 0 Å². The van der Waals surface area contributed by atoms with Crippen LogP contribution in [0.5, 0.6) is 0 Å². The fourth-order valence-electron chi connectivity index (χ4n) is 0.418. The highest BCUT2D eigenvalue weighted by molar-refractivity contribution is 9.10. The van der Waals surface area contributed by atoms with Crippen molar-refractivity contribution in [2.75, 3.05) is 17.9 Å². The van der Waals surface area contributed by atoms with Gasteiger partial charge < -0.3 is 10.2 Å². The third-order valence-corrected chi connectivity index (χ3v) is 3.72. The average Bonchev–Trinajstić information content (AvgIpc) is 2.00. The zero-order chi connectivity index (χ0) is 8.91. The molecule has 0 aliphatic carbocycles. The standard InChI is InChI=1S/C4H10BrNO4S/c5-3-11(9,10)6-4(1-7)2-8/h4,6-8H,1-3H2. The minimum atomic E-state index is -3.40. The van der Waals surface area contributed by atoms with Crippen LogP contribution in [-0.2, 0) is 10.0 Å². The van der Waals surface area contributed by atoms with E-state index in [1.807, 2.05) is 0 Å². The van der Waals surface area contributed by atoms with Gasteiger partial charge in [0, 0.05) is 0 Å². The van der Waals surface area contributed by atoms with Crippen LogP contribution in [0, 0.1) is 0 Å². The van der Waals surface area contributed by atoms with Crippen LogP contribution in [0.1, 0.15) is 0 Å². The topological polar surface area (TPSA) is 86.6 Å². The number of hydrogen-bond acceptors (Lipinski definition) is 4. The molecule has 68 valence electrons. The summed E-state index contributed by atoms with van der Waals surface area (Å²) in [5.41, 5.74) is 0. The van der Waals surface area contributed by atoms with Gasteiger partial charge in [-0.2, -0.15) is 0 Å². The molecule has 0 heterocycles. The molecule has 0 aromatic heterocycles. The van der Waals surface area contributed by atoms with E-state index < -0.39 is 29.3 Å². The fourth-order valence-corrected chi connectivity index (χ4v) is 1.53. The monoisotopic (exact) mass is 247 g/mol. The maximum Gasteiger partial charge on any atom is 0.222 e. The summed E-state index contributed by atoms with van der Waals surface area (Å²) >= 11 is 2.74. The molecule has 0 atom stereocenters. The largest absolute Gasteiger partial charge is 0.395 e. The fraction of sp³-hybridized carbons (Fsp3) is 1.00. The molecule has 7 heteroatoms. The first-order chi connectivity index (χ1) is 5.05. The number of nitrogens with one attached hydrogen (secondary N) is 1. The molecular weight excluding hydrogens is 238 g/mol. The third kappa shape index (κ3) is 4.70. The maximum absolute atomic E-state index is 10.7. The molecule has 0 unspecified atom stereocenters. The molecule has 0 fully saturated rings. The second kappa shape index (κ2) is 5.04. The summed E-state index contributed by atoms with van der Waals surface area (Å²) in [5, 5.41) is 17.0. The highest BCUT2D eigenvalue weighted by Crippen LogP contribution is 1.93. The number of rotatable bonds is 5.